The maximum absolute atomic E-state index is 6.01. The molecule has 0 aliphatic rings. The Kier molecular flexibility index (Phi) is 10.3. The van der Waals surface area contributed by atoms with E-state index < -0.39 is 0 Å². The first-order valence-corrected chi connectivity index (χ1v) is 6.00. The first kappa shape index (κ1) is 14.8. The Labute approximate surface area is 94.6 Å². The summed E-state index contributed by atoms with van der Waals surface area (Å²) in [6.07, 6.45) is 2.17. The highest BCUT2D eigenvalue weighted by atomic mass is 15.1. The van der Waals surface area contributed by atoms with Gasteiger partial charge in [0.2, 0.25) is 0 Å². The van der Waals surface area contributed by atoms with Gasteiger partial charge < -0.3 is 21.3 Å². The summed E-state index contributed by atoms with van der Waals surface area (Å²) in [4.78, 5) is 2.30. The fourth-order valence-electron chi connectivity index (χ4n) is 1.31. The van der Waals surface area contributed by atoms with Crippen molar-refractivity contribution in [2.45, 2.75) is 25.8 Å². The van der Waals surface area contributed by atoms with Crippen molar-refractivity contribution in [3.05, 3.63) is 0 Å². The summed E-state index contributed by atoms with van der Waals surface area (Å²) < 4.78 is 0. The lowest BCUT2D eigenvalue weighted by Crippen LogP contribution is -2.32. The summed E-state index contributed by atoms with van der Waals surface area (Å²) in [5.74, 6) is 0. The molecule has 0 aromatic heterocycles. The quantitative estimate of drug-likeness (QED) is 0.445. The first-order chi connectivity index (χ1) is 7.20. The highest BCUT2D eigenvalue weighted by molar-refractivity contribution is 4.65. The third-order valence-electron chi connectivity index (χ3n) is 2.67. The van der Waals surface area contributed by atoms with E-state index in [9.17, 15) is 0 Å². The number of rotatable bonds is 10. The average molecular weight is 216 g/mol. The predicted molar refractivity (Wildman–Crippen MR) is 67.2 cm³/mol. The van der Waals surface area contributed by atoms with E-state index in [4.69, 9.17) is 5.73 Å². The lowest BCUT2D eigenvalue weighted by Gasteiger charge is -2.17. The van der Waals surface area contributed by atoms with E-state index in [0.29, 0.717) is 6.04 Å². The summed E-state index contributed by atoms with van der Waals surface area (Å²) in [5.41, 5.74) is 6.01. The monoisotopic (exact) mass is 216 g/mol. The van der Waals surface area contributed by atoms with Crippen molar-refractivity contribution in [3.63, 3.8) is 0 Å². The van der Waals surface area contributed by atoms with E-state index in [1.54, 1.807) is 0 Å². The van der Waals surface area contributed by atoms with E-state index in [2.05, 4.69) is 29.5 Å². The van der Waals surface area contributed by atoms with Crippen LogP contribution < -0.4 is 16.4 Å². The van der Waals surface area contributed by atoms with Crippen molar-refractivity contribution in [3.8, 4) is 0 Å². The molecule has 0 amide bonds. The molecule has 0 aromatic rings. The second-order valence-corrected chi connectivity index (χ2v) is 4.09. The van der Waals surface area contributed by atoms with E-state index in [1.807, 2.05) is 7.05 Å². The standard InChI is InChI=1S/C11H28N4/c1-4-15(3)10-6-11(12)5-7-14-9-8-13-2/h11,13-14H,4-10,12H2,1-3H3. The van der Waals surface area contributed by atoms with Gasteiger partial charge in [0.15, 0.2) is 0 Å². The fourth-order valence-corrected chi connectivity index (χ4v) is 1.31. The molecule has 0 saturated heterocycles. The number of hydrogen-bond acceptors (Lipinski definition) is 4. The van der Waals surface area contributed by atoms with Crippen LogP contribution in [0.5, 0.6) is 0 Å². The van der Waals surface area contributed by atoms with Crippen molar-refractivity contribution >= 4 is 0 Å². The van der Waals surface area contributed by atoms with Gasteiger partial charge in [-0.15, -0.1) is 0 Å². The zero-order valence-corrected chi connectivity index (χ0v) is 10.6. The van der Waals surface area contributed by atoms with Gasteiger partial charge in [-0.3, -0.25) is 0 Å². The van der Waals surface area contributed by atoms with Crippen molar-refractivity contribution in [1.82, 2.24) is 15.5 Å². The van der Waals surface area contributed by atoms with Gasteiger partial charge in [0.25, 0.3) is 0 Å². The molecule has 1 atom stereocenters. The van der Waals surface area contributed by atoms with Crippen LogP contribution in [-0.2, 0) is 0 Å². The summed E-state index contributed by atoms with van der Waals surface area (Å²) in [6, 6.07) is 0.334. The SMILES string of the molecule is CCN(C)CCC(N)CCNCCNC. The summed E-state index contributed by atoms with van der Waals surface area (Å²) in [7, 11) is 4.10. The lowest BCUT2D eigenvalue weighted by molar-refractivity contribution is 0.329. The molecule has 0 saturated carbocycles. The Morgan fingerprint density at radius 3 is 2.53 bits per heavy atom. The average Bonchev–Trinajstić information content (AvgIpc) is 2.25. The van der Waals surface area contributed by atoms with Gasteiger partial charge >= 0.3 is 0 Å². The molecule has 0 fully saturated rings. The zero-order valence-electron chi connectivity index (χ0n) is 10.6. The Bertz CT molecular complexity index is 130. The Morgan fingerprint density at radius 2 is 1.93 bits per heavy atom. The molecule has 15 heavy (non-hydrogen) atoms. The van der Waals surface area contributed by atoms with Gasteiger partial charge in [-0.2, -0.15) is 0 Å². The molecular formula is C11H28N4. The summed E-state index contributed by atoms with van der Waals surface area (Å²) in [5, 5.41) is 6.47. The van der Waals surface area contributed by atoms with Crippen LogP contribution in [0.3, 0.4) is 0 Å². The summed E-state index contributed by atoms with van der Waals surface area (Å²) in [6.45, 7) is 7.46. The molecular weight excluding hydrogens is 188 g/mol. The lowest BCUT2D eigenvalue weighted by atomic mass is 10.1. The van der Waals surface area contributed by atoms with Crippen molar-refractivity contribution in [2.75, 3.05) is 46.8 Å². The molecule has 4 heteroatoms. The van der Waals surface area contributed by atoms with E-state index in [1.165, 1.54) is 0 Å². The maximum atomic E-state index is 6.01. The van der Waals surface area contributed by atoms with Gasteiger partial charge in [0.05, 0.1) is 0 Å². The fraction of sp³-hybridized carbons (Fsp3) is 1.00. The minimum Gasteiger partial charge on any atom is -0.328 e. The van der Waals surface area contributed by atoms with Crippen LogP contribution in [0.25, 0.3) is 0 Å². The van der Waals surface area contributed by atoms with Crippen LogP contribution in [0.15, 0.2) is 0 Å². The smallest absolute Gasteiger partial charge is 0.00766 e. The highest BCUT2D eigenvalue weighted by Gasteiger charge is 2.03. The number of hydrogen-bond donors (Lipinski definition) is 3. The number of nitrogens with zero attached hydrogens (tertiary/aromatic N) is 1. The molecule has 0 bridgehead atoms. The van der Waals surface area contributed by atoms with Gasteiger partial charge in [0.1, 0.15) is 0 Å². The van der Waals surface area contributed by atoms with E-state index in [0.717, 1.165) is 45.6 Å². The second kappa shape index (κ2) is 10.4. The van der Waals surface area contributed by atoms with E-state index >= 15 is 0 Å². The van der Waals surface area contributed by atoms with Gasteiger partial charge in [-0.05, 0) is 46.6 Å². The van der Waals surface area contributed by atoms with Crippen LogP contribution in [0.2, 0.25) is 0 Å². The molecule has 0 aliphatic carbocycles. The number of nitrogens with two attached hydrogens (primary N) is 1. The van der Waals surface area contributed by atoms with Crippen LogP contribution in [0.1, 0.15) is 19.8 Å². The molecule has 4 nitrogen and oxygen atoms in total. The molecule has 1 unspecified atom stereocenters. The van der Waals surface area contributed by atoms with Crippen molar-refractivity contribution < 1.29 is 0 Å². The summed E-state index contributed by atoms with van der Waals surface area (Å²) >= 11 is 0. The Morgan fingerprint density at radius 1 is 1.20 bits per heavy atom. The Hall–Kier alpha value is -0.160. The number of likely N-dealkylation sites (N-methyl/N-ethyl adjacent to an activating group) is 1. The minimum atomic E-state index is 0.334. The molecule has 0 aromatic carbocycles. The molecule has 0 heterocycles. The maximum Gasteiger partial charge on any atom is 0.00766 e. The van der Waals surface area contributed by atoms with Crippen LogP contribution >= 0.6 is 0 Å². The third-order valence-corrected chi connectivity index (χ3v) is 2.67. The van der Waals surface area contributed by atoms with E-state index in [-0.39, 0.29) is 0 Å². The van der Waals surface area contributed by atoms with Gasteiger partial charge in [-0.25, -0.2) is 0 Å². The van der Waals surface area contributed by atoms with Crippen LogP contribution in [0, 0.1) is 0 Å². The normalized spacial score (nSPS) is 13.4. The highest BCUT2D eigenvalue weighted by Crippen LogP contribution is 1.95. The van der Waals surface area contributed by atoms with Crippen LogP contribution in [0.4, 0.5) is 0 Å². The predicted octanol–water partition coefficient (Wildman–Crippen LogP) is -0.145. The van der Waals surface area contributed by atoms with Crippen molar-refractivity contribution in [2.24, 2.45) is 5.73 Å². The molecule has 0 radical (unpaired) electrons. The molecule has 0 spiro atoms. The molecule has 4 N–H and O–H groups in total. The molecule has 0 aliphatic heterocycles. The Balaban J connectivity index is 3.21. The zero-order chi connectivity index (χ0) is 11.5. The molecule has 0 rings (SSSR count). The minimum absolute atomic E-state index is 0.334. The van der Waals surface area contributed by atoms with Crippen molar-refractivity contribution in [1.29, 1.82) is 0 Å². The topological polar surface area (TPSA) is 53.3 Å². The van der Waals surface area contributed by atoms with Crippen LogP contribution in [-0.4, -0.2) is 57.8 Å². The molecule has 92 valence electrons. The third kappa shape index (κ3) is 10.1. The van der Waals surface area contributed by atoms with Gasteiger partial charge in [0, 0.05) is 19.1 Å². The first-order valence-electron chi connectivity index (χ1n) is 6.00. The second-order valence-electron chi connectivity index (χ2n) is 4.09. The largest absolute Gasteiger partial charge is 0.328 e. The van der Waals surface area contributed by atoms with Gasteiger partial charge in [-0.1, -0.05) is 6.92 Å². The number of nitrogens with one attached hydrogen (secondary N) is 2.